The number of nitrogens with zero attached hydrogens (tertiary/aromatic N) is 1. The van der Waals surface area contributed by atoms with Crippen molar-refractivity contribution in [2.45, 2.75) is 6.92 Å². The fraction of sp³-hybridized carbons (Fsp3) is 0.176. The Morgan fingerprint density at radius 1 is 1.18 bits per heavy atom. The molecular formula is C17H18N2O3. The quantitative estimate of drug-likeness (QED) is 0.659. The van der Waals surface area contributed by atoms with E-state index < -0.39 is 0 Å². The molecule has 0 bridgehead atoms. The molecule has 2 aromatic rings. The molecule has 0 aromatic heterocycles. The van der Waals surface area contributed by atoms with Gasteiger partial charge in [0.05, 0.1) is 25.5 Å². The van der Waals surface area contributed by atoms with Crippen LogP contribution in [-0.2, 0) is 0 Å². The maximum absolute atomic E-state index is 12.1. The van der Waals surface area contributed by atoms with Gasteiger partial charge in [0.25, 0.3) is 5.91 Å². The van der Waals surface area contributed by atoms with Crippen molar-refractivity contribution in [1.82, 2.24) is 5.43 Å². The van der Waals surface area contributed by atoms with Crippen molar-refractivity contribution in [3.63, 3.8) is 0 Å². The van der Waals surface area contributed by atoms with Crippen LogP contribution in [0.4, 0.5) is 0 Å². The largest absolute Gasteiger partial charge is 0.497 e. The number of amides is 1. The number of methoxy groups -OCH3 is 1. The molecule has 0 saturated carbocycles. The van der Waals surface area contributed by atoms with Gasteiger partial charge in [-0.2, -0.15) is 5.10 Å². The van der Waals surface area contributed by atoms with Gasteiger partial charge < -0.3 is 9.47 Å². The van der Waals surface area contributed by atoms with E-state index in [0.29, 0.717) is 17.9 Å². The Kier molecular flexibility index (Phi) is 5.54. The zero-order chi connectivity index (χ0) is 15.8. The Balaban J connectivity index is 2.01. The number of hydrogen-bond donors (Lipinski definition) is 1. The lowest BCUT2D eigenvalue weighted by Crippen LogP contribution is -2.18. The topological polar surface area (TPSA) is 59.9 Å². The number of rotatable bonds is 6. The Morgan fingerprint density at radius 2 is 1.91 bits per heavy atom. The second-order valence-corrected chi connectivity index (χ2v) is 4.40. The molecule has 22 heavy (non-hydrogen) atoms. The molecule has 5 heteroatoms. The number of carbonyl (C=O) groups is 1. The predicted octanol–water partition coefficient (Wildman–Crippen LogP) is 2.86. The standard InChI is InChI=1S/C17H18N2O3/c1-3-22-16-7-5-4-6-15(16)17(20)19-18-12-13-8-10-14(21-2)11-9-13/h4-12H,3H2,1-2H3,(H,19,20)/b18-12-. The van der Waals surface area contributed by atoms with Crippen LogP contribution < -0.4 is 14.9 Å². The lowest BCUT2D eigenvalue weighted by Gasteiger charge is -2.08. The monoisotopic (exact) mass is 298 g/mol. The number of carbonyl (C=O) groups excluding carboxylic acids is 1. The van der Waals surface area contributed by atoms with E-state index >= 15 is 0 Å². The molecule has 0 aliphatic carbocycles. The number of hydrazone groups is 1. The van der Waals surface area contributed by atoms with Crippen molar-refractivity contribution >= 4 is 12.1 Å². The molecule has 1 amide bonds. The molecule has 0 unspecified atom stereocenters. The van der Waals surface area contributed by atoms with E-state index in [1.54, 1.807) is 31.5 Å². The normalized spacial score (nSPS) is 10.5. The van der Waals surface area contributed by atoms with Crippen molar-refractivity contribution in [3.05, 3.63) is 59.7 Å². The first kappa shape index (κ1) is 15.6. The number of para-hydroxylation sites is 1. The summed E-state index contributed by atoms with van der Waals surface area (Å²) in [5.74, 6) is 1.00. The summed E-state index contributed by atoms with van der Waals surface area (Å²) < 4.78 is 10.5. The molecule has 0 aliphatic heterocycles. The van der Waals surface area contributed by atoms with Gasteiger partial charge in [-0.3, -0.25) is 4.79 Å². The Morgan fingerprint density at radius 3 is 2.59 bits per heavy atom. The summed E-state index contributed by atoms with van der Waals surface area (Å²) in [7, 11) is 1.61. The van der Waals surface area contributed by atoms with Gasteiger partial charge in [0, 0.05) is 0 Å². The summed E-state index contributed by atoms with van der Waals surface area (Å²) in [6.45, 7) is 2.37. The van der Waals surface area contributed by atoms with Crippen LogP contribution in [0.2, 0.25) is 0 Å². The van der Waals surface area contributed by atoms with Crippen molar-refractivity contribution in [2.75, 3.05) is 13.7 Å². The van der Waals surface area contributed by atoms with Crippen LogP contribution in [0.5, 0.6) is 11.5 Å². The number of hydrogen-bond acceptors (Lipinski definition) is 4. The molecule has 0 spiro atoms. The predicted molar refractivity (Wildman–Crippen MR) is 85.7 cm³/mol. The molecule has 0 atom stereocenters. The third-order valence-corrected chi connectivity index (χ3v) is 2.93. The average Bonchev–Trinajstić information content (AvgIpc) is 2.56. The first-order valence-corrected chi connectivity index (χ1v) is 6.94. The van der Waals surface area contributed by atoms with Crippen molar-refractivity contribution in [3.8, 4) is 11.5 Å². The zero-order valence-electron chi connectivity index (χ0n) is 12.6. The average molecular weight is 298 g/mol. The van der Waals surface area contributed by atoms with Crippen LogP contribution in [0.15, 0.2) is 53.6 Å². The summed E-state index contributed by atoms with van der Waals surface area (Å²) in [6.07, 6.45) is 1.57. The van der Waals surface area contributed by atoms with Gasteiger partial charge in [-0.25, -0.2) is 5.43 Å². The van der Waals surface area contributed by atoms with Crippen LogP contribution in [0, 0.1) is 0 Å². The second-order valence-electron chi connectivity index (χ2n) is 4.40. The summed E-state index contributed by atoms with van der Waals surface area (Å²) in [5, 5.41) is 3.95. The van der Waals surface area contributed by atoms with Crippen molar-refractivity contribution in [1.29, 1.82) is 0 Å². The lowest BCUT2D eigenvalue weighted by molar-refractivity contribution is 0.0951. The second kappa shape index (κ2) is 7.83. The lowest BCUT2D eigenvalue weighted by atomic mass is 10.2. The molecule has 0 radical (unpaired) electrons. The minimum absolute atomic E-state index is 0.311. The third kappa shape index (κ3) is 4.09. The highest BCUT2D eigenvalue weighted by atomic mass is 16.5. The van der Waals surface area contributed by atoms with Gasteiger partial charge in [-0.15, -0.1) is 0 Å². The number of ether oxygens (including phenoxy) is 2. The van der Waals surface area contributed by atoms with Crippen LogP contribution in [0.3, 0.4) is 0 Å². The van der Waals surface area contributed by atoms with Gasteiger partial charge in [0.1, 0.15) is 11.5 Å². The van der Waals surface area contributed by atoms with Gasteiger partial charge >= 0.3 is 0 Å². The highest BCUT2D eigenvalue weighted by Gasteiger charge is 2.10. The van der Waals surface area contributed by atoms with E-state index in [2.05, 4.69) is 10.5 Å². The highest BCUT2D eigenvalue weighted by molar-refractivity contribution is 5.97. The fourth-order valence-electron chi connectivity index (χ4n) is 1.85. The summed E-state index contributed by atoms with van der Waals surface area (Å²) in [6, 6.07) is 14.4. The minimum atomic E-state index is -0.311. The van der Waals surface area contributed by atoms with E-state index in [1.165, 1.54) is 0 Å². The third-order valence-electron chi connectivity index (χ3n) is 2.93. The zero-order valence-corrected chi connectivity index (χ0v) is 12.6. The Labute approximate surface area is 129 Å². The van der Waals surface area contributed by atoms with Crippen molar-refractivity contribution < 1.29 is 14.3 Å². The molecule has 0 aliphatic rings. The van der Waals surface area contributed by atoms with Gasteiger partial charge in [0.15, 0.2) is 0 Å². The molecule has 2 aromatic carbocycles. The van der Waals surface area contributed by atoms with Crippen LogP contribution in [0.1, 0.15) is 22.8 Å². The summed E-state index contributed by atoms with van der Waals surface area (Å²) >= 11 is 0. The maximum atomic E-state index is 12.1. The first-order valence-electron chi connectivity index (χ1n) is 6.94. The number of nitrogens with one attached hydrogen (secondary N) is 1. The maximum Gasteiger partial charge on any atom is 0.275 e. The molecule has 0 fully saturated rings. The van der Waals surface area contributed by atoms with Crippen LogP contribution >= 0.6 is 0 Å². The molecule has 2 rings (SSSR count). The minimum Gasteiger partial charge on any atom is -0.497 e. The highest BCUT2D eigenvalue weighted by Crippen LogP contribution is 2.17. The van der Waals surface area contributed by atoms with E-state index in [1.807, 2.05) is 37.3 Å². The summed E-state index contributed by atoms with van der Waals surface area (Å²) in [5.41, 5.74) is 3.81. The molecule has 114 valence electrons. The SMILES string of the molecule is CCOc1ccccc1C(=O)N/N=C\c1ccc(OC)cc1. The smallest absolute Gasteiger partial charge is 0.275 e. The van der Waals surface area contributed by atoms with E-state index in [4.69, 9.17) is 9.47 Å². The first-order chi connectivity index (χ1) is 10.7. The van der Waals surface area contributed by atoms with Gasteiger partial charge in [0.2, 0.25) is 0 Å². The molecule has 1 N–H and O–H groups in total. The summed E-state index contributed by atoms with van der Waals surface area (Å²) in [4.78, 5) is 12.1. The fourth-order valence-corrected chi connectivity index (χ4v) is 1.85. The van der Waals surface area contributed by atoms with Crippen LogP contribution in [0.25, 0.3) is 0 Å². The molecule has 0 heterocycles. The van der Waals surface area contributed by atoms with Crippen LogP contribution in [-0.4, -0.2) is 25.8 Å². The van der Waals surface area contributed by atoms with Crippen molar-refractivity contribution in [2.24, 2.45) is 5.10 Å². The number of benzene rings is 2. The van der Waals surface area contributed by atoms with E-state index in [0.717, 1.165) is 11.3 Å². The van der Waals surface area contributed by atoms with Gasteiger partial charge in [-0.1, -0.05) is 12.1 Å². The molecule has 5 nitrogen and oxygen atoms in total. The Bertz CT molecular complexity index is 651. The molecule has 0 saturated heterocycles. The van der Waals surface area contributed by atoms with Gasteiger partial charge in [-0.05, 0) is 48.9 Å². The van der Waals surface area contributed by atoms with E-state index in [9.17, 15) is 4.79 Å². The molecular weight excluding hydrogens is 280 g/mol. The Hall–Kier alpha value is -2.82. The van der Waals surface area contributed by atoms with E-state index in [-0.39, 0.29) is 5.91 Å².